The highest BCUT2D eigenvalue weighted by Crippen LogP contribution is 2.30. The van der Waals surface area contributed by atoms with E-state index in [4.69, 9.17) is 10.8 Å². The van der Waals surface area contributed by atoms with Gasteiger partial charge in [-0.1, -0.05) is 18.2 Å². The zero-order valence-corrected chi connectivity index (χ0v) is 14.6. The number of aromatic nitrogens is 3. The zero-order valence-electron chi connectivity index (χ0n) is 14.6. The van der Waals surface area contributed by atoms with E-state index in [-0.39, 0.29) is 5.82 Å². The van der Waals surface area contributed by atoms with Crippen LogP contribution >= 0.6 is 0 Å². The molecule has 0 radical (unpaired) electrons. The van der Waals surface area contributed by atoms with E-state index < -0.39 is 0 Å². The first-order valence-electron chi connectivity index (χ1n) is 8.41. The lowest BCUT2D eigenvalue weighted by atomic mass is 10.2. The van der Waals surface area contributed by atoms with Crippen molar-refractivity contribution in [3.63, 3.8) is 0 Å². The molecule has 0 fully saturated rings. The summed E-state index contributed by atoms with van der Waals surface area (Å²) in [6.07, 6.45) is 0. The van der Waals surface area contributed by atoms with Gasteiger partial charge in [-0.15, -0.1) is 0 Å². The minimum absolute atomic E-state index is 0.245. The Kier molecular flexibility index (Phi) is 3.84. The Morgan fingerprint density at radius 1 is 0.885 bits per heavy atom. The molecule has 2 aromatic carbocycles. The van der Waals surface area contributed by atoms with E-state index in [1.54, 1.807) is 16.8 Å². The van der Waals surface area contributed by atoms with Crippen LogP contribution in [0.5, 0.6) is 0 Å². The first kappa shape index (κ1) is 16.1. The summed E-state index contributed by atoms with van der Waals surface area (Å²) in [5, 5.41) is 4.69. The molecule has 0 atom stereocenters. The van der Waals surface area contributed by atoms with Crippen LogP contribution in [-0.4, -0.2) is 14.3 Å². The van der Waals surface area contributed by atoms with Gasteiger partial charge in [0.1, 0.15) is 11.6 Å². The molecule has 4 rings (SSSR count). The lowest BCUT2D eigenvalue weighted by molar-refractivity contribution is 0.627. The second-order valence-corrected chi connectivity index (χ2v) is 6.30. The quantitative estimate of drug-likeness (QED) is 0.586. The number of benzene rings is 2. The molecule has 2 aromatic heterocycles. The normalized spacial score (nSPS) is 11.0. The largest absolute Gasteiger partial charge is 0.384 e. The summed E-state index contributed by atoms with van der Waals surface area (Å²) in [5.74, 6) is 0.337. The van der Waals surface area contributed by atoms with E-state index in [2.05, 4.69) is 10.6 Å². The number of halogens is 1. The molecule has 0 spiro atoms. The van der Waals surface area contributed by atoms with Crippen LogP contribution in [0.3, 0.4) is 0 Å². The second kappa shape index (κ2) is 6.19. The predicted molar refractivity (Wildman–Crippen MR) is 102 cm³/mol. The van der Waals surface area contributed by atoms with Crippen molar-refractivity contribution in [1.29, 1.82) is 0 Å². The molecule has 5 heteroatoms. The molecule has 0 bridgehead atoms. The van der Waals surface area contributed by atoms with Crippen LogP contribution in [0, 0.1) is 19.7 Å². The van der Waals surface area contributed by atoms with Crippen LogP contribution in [0.25, 0.3) is 22.6 Å². The second-order valence-electron chi connectivity index (χ2n) is 6.30. The molecule has 0 amide bonds. The summed E-state index contributed by atoms with van der Waals surface area (Å²) in [7, 11) is 0. The molecule has 0 saturated carbocycles. The summed E-state index contributed by atoms with van der Waals surface area (Å²) >= 11 is 0. The van der Waals surface area contributed by atoms with Crippen molar-refractivity contribution in [2.45, 2.75) is 13.8 Å². The van der Waals surface area contributed by atoms with Gasteiger partial charge in [-0.05, 0) is 56.3 Å². The minimum atomic E-state index is -0.245. The number of nitrogen functional groups attached to an aromatic ring is 1. The lowest BCUT2D eigenvalue weighted by Gasteiger charge is -2.09. The van der Waals surface area contributed by atoms with E-state index in [9.17, 15) is 4.39 Å². The summed E-state index contributed by atoms with van der Waals surface area (Å²) < 4.78 is 17.1. The molecule has 0 saturated heterocycles. The lowest BCUT2D eigenvalue weighted by Crippen LogP contribution is -2.01. The fraction of sp³-hybridized carbons (Fsp3) is 0.0952. The van der Waals surface area contributed by atoms with Gasteiger partial charge >= 0.3 is 0 Å². The summed E-state index contributed by atoms with van der Waals surface area (Å²) in [6.45, 7) is 4.06. The Labute approximate surface area is 151 Å². The summed E-state index contributed by atoms with van der Waals surface area (Å²) in [5.41, 5.74) is 11.9. The number of aryl methyl sites for hydroxylation is 1. The Morgan fingerprint density at radius 2 is 1.58 bits per heavy atom. The third kappa shape index (κ3) is 2.67. The van der Waals surface area contributed by atoms with Crippen molar-refractivity contribution in [1.82, 2.24) is 14.3 Å². The van der Waals surface area contributed by atoms with Crippen molar-refractivity contribution >= 4 is 5.82 Å². The standard InChI is InChI=1S/C21H19FN4/c1-14-12-19(15(2)25(14)17-10-8-16(22)9-11-17)20-13-21(23)26(24-20)18-6-4-3-5-7-18/h3-13H,23H2,1-2H3. The number of anilines is 1. The maximum absolute atomic E-state index is 13.2. The molecular formula is C21H19FN4. The van der Waals surface area contributed by atoms with E-state index in [0.717, 1.165) is 34.0 Å². The number of nitrogens with two attached hydrogens (primary N) is 1. The van der Waals surface area contributed by atoms with Gasteiger partial charge in [-0.25, -0.2) is 9.07 Å². The molecule has 0 unspecified atom stereocenters. The van der Waals surface area contributed by atoms with Crippen molar-refractivity contribution in [3.8, 4) is 22.6 Å². The van der Waals surface area contributed by atoms with E-state index in [1.165, 1.54) is 12.1 Å². The number of nitrogens with zero attached hydrogens (tertiary/aromatic N) is 3. The molecule has 2 N–H and O–H groups in total. The maximum Gasteiger partial charge on any atom is 0.127 e. The first-order chi connectivity index (χ1) is 12.5. The van der Waals surface area contributed by atoms with Gasteiger partial charge in [-0.2, -0.15) is 5.10 Å². The zero-order chi connectivity index (χ0) is 18.3. The predicted octanol–water partition coefficient (Wildman–Crippen LogP) is 4.67. The van der Waals surface area contributed by atoms with Crippen molar-refractivity contribution in [2.24, 2.45) is 0 Å². The monoisotopic (exact) mass is 346 g/mol. The molecule has 0 aliphatic heterocycles. The molecular weight excluding hydrogens is 327 g/mol. The minimum Gasteiger partial charge on any atom is -0.384 e. The highest BCUT2D eigenvalue weighted by Gasteiger charge is 2.16. The van der Waals surface area contributed by atoms with Crippen LogP contribution in [0.4, 0.5) is 10.2 Å². The summed E-state index contributed by atoms with van der Waals surface area (Å²) in [6, 6.07) is 20.2. The Balaban J connectivity index is 1.80. The Morgan fingerprint density at radius 3 is 2.27 bits per heavy atom. The van der Waals surface area contributed by atoms with Crippen LogP contribution in [-0.2, 0) is 0 Å². The first-order valence-corrected chi connectivity index (χ1v) is 8.41. The van der Waals surface area contributed by atoms with Crippen LogP contribution in [0.1, 0.15) is 11.4 Å². The Hall–Kier alpha value is -3.34. The molecule has 2 heterocycles. The smallest absolute Gasteiger partial charge is 0.127 e. The molecule has 4 nitrogen and oxygen atoms in total. The van der Waals surface area contributed by atoms with Crippen LogP contribution < -0.4 is 5.73 Å². The third-order valence-corrected chi connectivity index (χ3v) is 4.53. The maximum atomic E-state index is 13.2. The van der Waals surface area contributed by atoms with Gasteiger partial charge in [0.25, 0.3) is 0 Å². The van der Waals surface area contributed by atoms with Crippen LogP contribution in [0.2, 0.25) is 0 Å². The average molecular weight is 346 g/mol. The number of para-hydroxylation sites is 1. The van der Waals surface area contributed by atoms with Gasteiger partial charge in [0.2, 0.25) is 0 Å². The van der Waals surface area contributed by atoms with Crippen molar-refractivity contribution in [3.05, 3.63) is 83.9 Å². The third-order valence-electron chi connectivity index (χ3n) is 4.53. The summed E-state index contributed by atoms with van der Waals surface area (Å²) in [4.78, 5) is 0. The number of rotatable bonds is 3. The SMILES string of the molecule is Cc1cc(-c2cc(N)n(-c3ccccc3)n2)c(C)n1-c1ccc(F)cc1. The van der Waals surface area contributed by atoms with Crippen LogP contribution in [0.15, 0.2) is 66.7 Å². The number of hydrogen-bond acceptors (Lipinski definition) is 2. The fourth-order valence-corrected chi connectivity index (χ4v) is 3.31. The Bertz CT molecular complexity index is 1060. The highest BCUT2D eigenvalue weighted by atomic mass is 19.1. The molecule has 0 aliphatic carbocycles. The van der Waals surface area contributed by atoms with E-state index >= 15 is 0 Å². The molecule has 0 aliphatic rings. The van der Waals surface area contributed by atoms with Gasteiger partial charge in [0, 0.05) is 28.7 Å². The topological polar surface area (TPSA) is 48.8 Å². The number of hydrogen-bond donors (Lipinski definition) is 1. The molecule has 4 aromatic rings. The van der Waals surface area contributed by atoms with Gasteiger partial charge < -0.3 is 10.3 Å². The average Bonchev–Trinajstić information content (AvgIpc) is 3.16. The fourth-order valence-electron chi connectivity index (χ4n) is 3.31. The van der Waals surface area contributed by atoms with Gasteiger partial charge in [0.15, 0.2) is 0 Å². The van der Waals surface area contributed by atoms with Crippen molar-refractivity contribution < 1.29 is 4.39 Å². The van der Waals surface area contributed by atoms with Gasteiger partial charge in [0.05, 0.1) is 11.4 Å². The van der Waals surface area contributed by atoms with E-state index in [1.807, 2.05) is 50.2 Å². The molecule has 130 valence electrons. The van der Waals surface area contributed by atoms with Gasteiger partial charge in [-0.3, -0.25) is 0 Å². The highest BCUT2D eigenvalue weighted by molar-refractivity contribution is 5.68. The van der Waals surface area contributed by atoms with E-state index in [0.29, 0.717) is 5.82 Å². The van der Waals surface area contributed by atoms with Crippen molar-refractivity contribution in [2.75, 3.05) is 5.73 Å². The molecule has 26 heavy (non-hydrogen) atoms.